The summed E-state index contributed by atoms with van der Waals surface area (Å²) in [5, 5.41) is 2.26. The lowest BCUT2D eigenvalue weighted by Crippen LogP contribution is -2.19. The fourth-order valence-corrected chi connectivity index (χ4v) is 2.52. The van der Waals surface area contributed by atoms with Crippen molar-refractivity contribution in [1.29, 1.82) is 0 Å². The Morgan fingerprint density at radius 2 is 1.90 bits per heavy atom. The van der Waals surface area contributed by atoms with E-state index in [-0.39, 0.29) is 5.91 Å². The third kappa shape index (κ3) is 1.54. The van der Waals surface area contributed by atoms with Crippen molar-refractivity contribution in [3.8, 4) is 5.69 Å². The van der Waals surface area contributed by atoms with Gasteiger partial charge in [0.1, 0.15) is 5.52 Å². The summed E-state index contributed by atoms with van der Waals surface area (Å²) < 4.78 is 1.72. The molecular weight excluding hydrogens is 270 g/mol. The first-order valence-electron chi connectivity index (χ1n) is 6.23. The van der Waals surface area contributed by atoms with Crippen molar-refractivity contribution in [3.05, 3.63) is 47.8 Å². The molecule has 1 aromatic carbocycles. The van der Waals surface area contributed by atoms with Gasteiger partial charge in [0.05, 0.1) is 22.8 Å². The molecule has 21 heavy (non-hydrogen) atoms. The lowest BCUT2D eigenvalue weighted by Gasteiger charge is -2.07. The molecule has 4 rings (SSSR count). The lowest BCUT2D eigenvalue weighted by atomic mass is 10.1. The smallest absolute Gasteiger partial charge is 0.259 e. The molecule has 102 valence electrons. The normalized spacial score (nSPS) is 13.5. The fourth-order valence-electron chi connectivity index (χ4n) is 2.52. The van der Waals surface area contributed by atoms with Gasteiger partial charge < -0.3 is 5.73 Å². The molecule has 7 nitrogen and oxygen atoms in total. The highest BCUT2D eigenvalue weighted by Gasteiger charge is 2.27. The van der Waals surface area contributed by atoms with Gasteiger partial charge in [0.25, 0.3) is 11.8 Å². The Bertz CT molecular complexity index is 928. The number of rotatable bonds is 1. The Labute approximate surface area is 118 Å². The van der Waals surface area contributed by atoms with E-state index in [2.05, 4.69) is 15.3 Å². The summed E-state index contributed by atoms with van der Waals surface area (Å²) in [5.74, 6) is -0.488. The monoisotopic (exact) mass is 279 g/mol. The number of aromatic nitrogens is 3. The zero-order chi connectivity index (χ0) is 14.6. The Morgan fingerprint density at radius 1 is 1.10 bits per heavy atom. The van der Waals surface area contributed by atoms with Crippen LogP contribution < -0.4 is 11.1 Å². The maximum Gasteiger partial charge on any atom is 0.259 e. The number of imidazole rings is 1. The Kier molecular flexibility index (Phi) is 2.15. The molecule has 7 heteroatoms. The van der Waals surface area contributed by atoms with E-state index in [0.717, 1.165) is 5.52 Å². The number of hydrogen-bond acceptors (Lipinski definition) is 5. The predicted molar refractivity (Wildman–Crippen MR) is 75.1 cm³/mol. The van der Waals surface area contributed by atoms with Gasteiger partial charge in [-0.3, -0.25) is 24.5 Å². The van der Waals surface area contributed by atoms with Crippen LogP contribution in [0.2, 0.25) is 0 Å². The highest BCUT2D eigenvalue weighted by atomic mass is 16.2. The van der Waals surface area contributed by atoms with Gasteiger partial charge in [-0.15, -0.1) is 0 Å². The second-order valence-corrected chi connectivity index (χ2v) is 4.68. The molecule has 2 amide bonds. The molecule has 1 aliphatic heterocycles. The summed E-state index contributed by atoms with van der Waals surface area (Å²) in [6.45, 7) is 0. The van der Waals surface area contributed by atoms with Crippen molar-refractivity contribution >= 4 is 28.8 Å². The molecule has 0 saturated heterocycles. The highest BCUT2D eigenvalue weighted by Crippen LogP contribution is 2.25. The van der Waals surface area contributed by atoms with Gasteiger partial charge in [-0.25, -0.2) is 4.98 Å². The second kappa shape index (κ2) is 3.89. The first-order valence-corrected chi connectivity index (χ1v) is 6.23. The van der Waals surface area contributed by atoms with E-state index in [0.29, 0.717) is 28.3 Å². The summed E-state index contributed by atoms with van der Waals surface area (Å²) >= 11 is 0. The van der Waals surface area contributed by atoms with E-state index in [1.165, 1.54) is 0 Å². The van der Waals surface area contributed by atoms with Crippen LogP contribution in [-0.2, 0) is 0 Å². The minimum Gasteiger partial charge on any atom is -0.369 e. The molecule has 0 spiro atoms. The van der Waals surface area contributed by atoms with E-state index >= 15 is 0 Å². The molecule has 0 fully saturated rings. The van der Waals surface area contributed by atoms with Crippen molar-refractivity contribution in [2.75, 3.05) is 5.73 Å². The van der Waals surface area contributed by atoms with Crippen molar-refractivity contribution in [3.63, 3.8) is 0 Å². The summed E-state index contributed by atoms with van der Waals surface area (Å²) in [7, 11) is 0. The maximum absolute atomic E-state index is 11.7. The predicted octanol–water partition coefficient (Wildman–Crippen LogP) is 0.886. The van der Waals surface area contributed by atoms with Crippen LogP contribution in [0, 0.1) is 0 Å². The van der Waals surface area contributed by atoms with Gasteiger partial charge in [-0.1, -0.05) is 0 Å². The molecule has 0 atom stereocenters. The van der Waals surface area contributed by atoms with E-state index in [1.54, 1.807) is 41.2 Å². The fraction of sp³-hybridized carbons (Fsp3) is 0. The number of benzene rings is 1. The number of nitrogens with zero attached hydrogens (tertiary/aromatic N) is 3. The van der Waals surface area contributed by atoms with Gasteiger partial charge >= 0.3 is 0 Å². The van der Waals surface area contributed by atoms with Gasteiger partial charge in [0.15, 0.2) is 0 Å². The number of fused-ring (bicyclic) bond motifs is 2. The minimum absolute atomic E-state index is 0.294. The number of pyridine rings is 1. The van der Waals surface area contributed by atoms with Crippen LogP contribution in [0.5, 0.6) is 0 Å². The zero-order valence-electron chi connectivity index (χ0n) is 10.7. The van der Waals surface area contributed by atoms with E-state index in [4.69, 9.17) is 5.73 Å². The standard InChI is InChI=1S/C14H9N5O2/c15-14-17-10-6-16-4-3-11(10)19(14)7-1-2-8-9(5-7)13(21)18-12(8)20/h1-6H,(H2,15,17)(H,18,20,21). The van der Waals surface area contributed by atoms with Gasteiger partial charge in [0, 0.05) is 11.9 Å². The summed E-state index contributed by atoms with van der Waals surface area (Å²) in [6.07, 6.45) is 3.26. The minimum atomic E-state index is -0.401. The second-order valence-electron chi connectivity index (χ2n) is 4.68. The molecule has 3 heterocycles. The SMILES string of the molecule is Nc1nc2cnccc2n1-c1ccc2c(c1)C(=O)NC2=O. The van der Waals surface area contributed by atoms with Gasteiger partial charge in [-0.2, -0.15) is 0 Å². The molecule has 0 bridgehead atoms. The topological polar surface area (TPSA) is 103 Å². The third-order valence-electron chi connectivity index (χ3n) is 3.46. The number of carbonyl (C=O) groups is 2. The van der Waals surface area contributed by atoms with Crippen LogP contribution >= 0.6 is 0 Å². The zero-order valence-corrected chi connectivity index (χ0v) is 10.7. The number of hydrogen-bond donors (Lipinski definition) is 2. The summed E-state index contributed by atoms with van der Waals surface area (Å²) in [4.78, 5) is 31.5. The molecule has 0 saturated carbocycles. The van der Waals surface area contributed by atoms with Crippen LogP contribution in [0.1, 0.15) is 20.7 Å². The molecule has 3 N–H and O–H groups in total. The third-order valence-corrected chi connectivity index (χ3v) is 3.46. The summed E-state index contributed by atoms with van der Waals surface area (Å²) in [6, 6.07) is 6.76. The van der Waals surface area contributed by atoms with Crippen molar-refractivity contribution in [2.24, 2.45) is 0 Å². The summed E-state index contributed by atoms with van der Waals surface area (Å²) in [5.41, 5.74) is 8.78. The van der Waals surface area contributed by atoms with Crippen LogP contribution in [-0.4, -0.2) is 26.3 Å². The Balaban J connectivity index is 1.98. The Morgan fingerprint density at radius 3 is 2.76 bits per heavy atom. The van der Waals surface area contributed by atoms with Crippen LogP contribution in [0.15, 0.2) is 36.7 Å². The Hall–Kier alpha value is -3.22. The number of anilines is 1. The van der Waals surface area contributed by atoms with Crippen LogP contribution in [0.4, 0.5) is 5.95 Å². The van der Waals surface area contributed by atoms with Crippen LogP contribution in [0.3, 0.4) is 0 Å². The largest absolute Gasteiger partial charge is 0.369 e. The molecule has 3 aromatic rings. The number of amides is 2. The quantitative estimate of drug-likeness (QED) is 0.644. The van der Waals surface area contributed by atoms with Crippen molar-refractivity contribution < 1.29 is 9.59 Å². The number of carbonyl (C=O) groups excluding carboxylic acids is 2. The van der Waals surface area contributed by atoms with Crippen molar-refractivity contribution in [2.45, 2.75) is 0 Å². The molecule has 2 aromatic heterocycles. The lowest BCUT2D eigenvalue weighted by molar-refractivity contribution is 0.0879. The maximum atomic E-state index is 11.7. The number of nitrogen functional groups attached to an aromatic ring is 1. The first kappa shape index (κ1) is 11.6. The average molecular weight is 279 g/mol. The molecule has 0 unspecified atom stereocenters. The molecule has 0 radical (unpaired) electrons. The highest BCUT2D eigenvalue weighted by molar-refractivity contribution is 6.21. The van der Waals surface area contributed by atoms with Gasteiger partial charge in [0.2, 0.25) is 5.95 Å². The van der Waals surface area contributed by atoms with Crippen LogP contribution in [0.25, 0.3) is 16.7 Å². The van der Waals surface area contributed by atoms with Gasteiger partial charge in [-0.05, 0) is 24.3 Å². The molecular formula is C14H9N5O2. The molecule has 0 aliphatic carbocycles. The first-order chi connectivity index (χ1) is 10.1. The number of nitrogens with one attached hydrogen (secondary N) is 1. The van der Waals surface area contributed by atoms with E-state index in [9.17, 15) is 9.59 Å². The number of nitrogens with two attached hydrogens (primary N) is 1. The number of imide groups is 1. The molecule has 1 aliphatic rings. The van der Waals surface area contributed by atoms with Crippen molar-refractivity contribution in [1.82, 2.24) is 19.9 Å². The van der Waals surface area contributed by atoms with E-state index in [1.807, 2.05) is 0 Å². The van der Waals surface area contributed by atoms with E-state index < -0.39 is 5.91 Å². The average Bonchev–Trinajstić information content (AvgIpc) is 2.95.